The quantitative estimate of drug-likeness (QED) is 0.480. The van der Waals surface area contributed by atoms with Crippen LogP contribution in [0.1, 0.15) is 29.5 Å². The minimum Gasteiger partial charge on any atom is -0.356 e. The van der Waals surface area contributed by atoms with E-state index in [1.54, 1.807) is 11.0 Å². The molecular weight excluding hydrogens is 475 g/mol. The SMILES string of the molecule is O=C(CC[C@@H]1N=C2c3ccccc3N=C(SCc3cccc(F)c3)N2C1=O)NCCc1ccccc1. The van der Waals surface area contributed by atoms with Gasteiger partial charge in [-0.1, -0.05) is 66.4 Å². The second kappa shape index (κ2) is 10.9. The average molecular weight is 501 g/mol. The molecule has 0 saturated heterocycles. The molecule has 2 heterocycles. The number of aliphatic imine (C=N–C) groups is 2. The molecule has 0 aliphatic carbocycles. The maximum Gasteiger partial charge on any atom is 0.259 e. The molecule has 5 rings (SSSR count). The summed E-state index contributed by atoms with van der Waals surface area (Å²) in [5.41, 5.74) is 3.49. The van der Waals surface area contributed by atoms with Crippen molar-refractivity contribution in [1.82, 2.24) is 10.2 Å². The van der Waals surface area contributed by atoms with Gasteiger partial charge in [0.1, 0.15) is 17.7 Å². The van der Waals surface area contributed by atoms with Gasteiger partial charge in [-0.2, -0.15) is 0 Å². The van der Waals surface area contributed by atoms with Gasteiger partial charge in [0.2, 0.25) is 5.91 Å². The summed E-state index contributed by atoms with van der Waals surface area (Å²) in [6.45, 7) is 0.545. The molecule has 3 aromatic rings. The first-order valence-corrected chi connectivity index (χ1v) is 12.8. The van der Waals surface area contributed by atoms with Crippen molar-refractivity contribution in [1.29, 1.82) is 0 Å². The number of nitrogens with zero attached hydrogens (tertiary/aromatic N) is 3. The summed E-state index contributed by atoms with van der Waals surface area (Å²) in [5.74, 6) is 0.428. The molecule has 0 radical (unpaired) electrons. The Morgan fingerprint density at radius 1 is 1.00 bits per heavy atom. The third kappa shape index (κ3) is 5.39. The molecule has 2 aliphatic heterocycles. The normalized spacial score (nSPS) is 16.2. The zero-order valence-corrected chi connectivity index (χ0v) is 20.4. The van der Waals surface area contributed by atoms with Crippen molar-refractivity contribution in [3.8, 4) is 0 Å². The molecule has 0 bridgehead atoms. The highest BCUT2D eigenvalue weighted by atomic mass is 32.2. The molecule has 0 unspecified atom stereocenters. The molecule has 0 saturated carbocycles. The van der Waals surface area contributed by atoms with Gasteiger partial charge >= 0.3 is 0 Å². The minimum atomic E-state index is -0.647. The molecule has 8 heteroatoms. The number of carbonyl (C=O) groups is 2. The average Bonchev–Trinajstić information content (AvgIpc) is 3.23. The van der Waals surface area contributed by atoms with Gasteiger partial charge in [-0.25, -0.2) is 14.3 Å². The third-order valence-electron chi connectivity index (χ3n) is 6.03. The number of benzene rings is 3. The van der Waals surface area contributed by atoms with Gasteiger partial charge in [0.25, 0.3) is 5.91 Å². The van der Waals surface area contributed by atoms with E-state index in [0.717, 1.165) is 28.8 Å². The van der Waals surface area contributed by atoms with Crippen LogP contribution in [0, 0.1) is 5.82 Å². The molecule has 1 atom stereocenters. The smallest absolute Gasteiger partial charge is 0.259 e. The van der Waals surface area contributed by atoms with E-state index in [0.29, 0.717) is 29.7 Å². The number of thioether (sulfide) groups is 1. The molecule has 182 valence electrons. The molecule has 0 fully saturated rings. The summed E-state index contributed by atoms with van der Waals surface area (Å²) >= 11 is 1.37. The van der Waals surface area contributed by atoms with Crippen LogP contribution in [0.25, 0.3) is 0 Å². The number of fused-ring (bicyclic) bond motifs is 3. The van der Waals surface area contributed by atoms with E-state index in [1.165, 1.54) is 23.9 Å². The van der Waals surface area contributed by atoms with Crippen LogP contribution >= 0.6 is 11.8 Å². The highest BCUT2D eigenvalue weighted by Crippen LogP contribution is 2.35. The molecule has 0 aromatic heterocycles. The first kappa shape index (κ1) is 23.9. The van der Waals surface area contributed by atoms with Gasteiger partial charge in [-0.05, 0) is 48.2 Å². The fourth-order valence-corrected chi connectivity index (χ4v) is 5.15. The summed E-state index contributed by atoms with van der Waals surface area (Å²) in [4.78, 5) is 36.7. The van der Waals surface area contributed by atoms with Crippen molar-refractivity contribution in [3.05, 3.63) is 101 Å². The van der Waals surface area contributed by atoms with E-state index in [9.17, 15) is 14.0 Å². The lowest BCUT2D eigenvalue weighted by Gasteiger charge is -2.25. The predicted molar refractivity (Wildman–Crippen MR) is 141 cm³/mol. The number of halogens is 1. The van der Waals surface area contributed by atoms with E-state index < -0.39 is 6.04 Å². The van der Waals surface area contributed by atoms with Crippen LogP contribution in [0.2, 0.25) is 0 Å². The summed E-state index contributed by atoms with van der Waals surface area (Å²) in [7, 11) is 0. The molecule has 3 aromatic carbocycles. The largest absolute Gasteiger partial charge is 0.356 e. The van der Waals surface area contributed by atoms with E-state index in [4.69, 9.17) is 9.98 Å². The lowest BCUT2D eigenvalue weighted by molar-refractivity contribution is -0.125. The number of rotatable bonds is 8. The number of hydrogen-bond donors (Lipinski definition) is 1. The van der Waals surface area contributed by atoms with Crippen molar-refractivity contribution in [3.63, 3.8) is 0 Å². The van der Waals surface area contributed by atoms with Crippen LogP contribution in [-0.2, 0) is 21.8 Å². The lowest BCUT2D eigenvalue weighted by Crippen LogP contribution is -2.41. The Kier molecular flexibility index (Phi) is 7.23. The van der Waals surface area contributed by atoms with Crippen molar-refractivity contribution in [2.45, 2.75) is 31.1 Å². The van der Waals surface area contributed by atoms with Crippen molar-refractivity contribution in [2.24, 2.45) is 9.98 Å². The number of carbonyl (C=O) groups excluding carboxylic acids is 2. The number of amidine groups is 2. The summed E-state index contributed by atoms with van der Waals surface area (Å²) in [6, 6.07) is 23.3. The van der Waals surface area contributed by atoms with Crippen LogP contribution in [0.15, 0.2) is 88.8 Å². The van der Waals surface area contributed by atoms with Crippen molar-refractivity contribution in [2.75, 3.05) is 6.54 Å². The maximum absolute atomic E-state index is 13.6. The fourth-order valence-electron chi connectivity index (χ4n) is 4.21. The Labute approximate surface area is 213 Å². The fraction of sp³-hybridized carbons (Fsp3) is 0.214. The number of hydrogen-bond acceptors (Lipinski definition) is 5. The Hall–Kier alpha value is -3.78. The monoisotopic (exact) mass is 500 g/mol. The standard InChI is InChI=1S/C28H25FN4O2S/c29-21-10-6-9-20(17-21)18-36-28-32-23-12-5-4-11-22(23)26-31-24(27(35)33(26)28)13-14-25(34)30-16-15-19-7-2-1-3-8-19/h1-12,17,24H,13-16,18H2,(H,30,34)/t24-/m0/s1. The van der Waals surface area contributed by atoms with Crippen LogP contribution in [0.4, 0.5) is 10.1 Å². The van der Waals surface area contributed by atoms with Crippen LogP contribution in [0.3, 0.4) is 0 Å². The molecule has 2 aliphatic rings. The molecule has 6 nitrogen and oxygen atoms in total. The Morgan fingerprint density at radius 3 is 2.61 bits per heavy atom. The second-order valence-corrected chi connectivity index (χ2v) is 9.54. The van der Waals surface area contributed by atoms with E-state index in [2.05, 4.69) is 5.32 Å². The van der Waals surface area contributed by atoms with Gasteiger partial charge in [0.15, 0.2) is 5.17 Å². The molecule has 0 spiro atoms. The highest BCUT2D eigenvalue weighted by molar-refractivity contribution is 8.13. The van der Waals surface area contributed by atoms with Gasteiger partial charge in [0.05, 0.1) is 5.69 Å². The first-order valence-electron chi connectivity index (χ1n) is 11.9. The first-order chi connectivity index (χ1) is 17.6. The van der Waals surface area contributed by atoms with Crippen LogP contribution in [-0.4, -0.2) is 40.3 Å². The zero-order chi connectivity index (χ0) is 24.9. The van der Waals surface area contributed by atoms with E-state index in [1.807, 2.05) is 60.7 Å². The van der Waals surface area contributed by atoms with Gasteiger partial charge in [-0.3, -0.25) is 14.6 Å². The van der Waals surface area contributed by atoms with Crippen LogP contribution in [0.5, 0.6) is 0 Å². The van der Waals surface area contributed by atoms with Crippen LogP contribution < -0.4 is 5.32 Å². The maximum atomic E-state index is 13.6. The Morgan fingerprint density at radius 2 is 1.78 bits per heavy atom. The molecule has 1 N–H and O–H groups in total. The predicted octanol–water partition coefficient (Wildman–Crippen LogP) is 4.86. The minimum absolute atomic E-state index is 0.0985. The number of para-hydroxylation sites is 1. The number of nitrogens with one attached hydrogen (secondary N) is 1. The zero-order valence-electron chi connectivity index (χ0n) is 19.6. The van der Waals surface area contributed by atoms with E-state index >= 15 is 0 Å². The van der Waals surface area contributed by atoms with Gasteiger partial charge in [-0.15, -0.1) is 0 Å². The molecular formula is C28H25FN4O2S. The van der Waals surface area contributed by atoms with E-state index in [-0.39, 0.29) is 24.1 Å². The van der Waals surface area contributed by atoms with Crippen molar-refractivity contribution >= 4 is 40.3 Å². The summed E-state index contributed by atoms with van der Waals surface area (Å²) in [6.07, 6.45) is 1.28. The van der Waals surface area contributed by atoms with Crippen molar-refractivity contribution < 1.29 is 14.0 Å². The second-order valence-electron chi connectivity index (χ2n) is 8.60. The lowest BCUT2D eigenvalue weighted by atomic mass is 10.1. The summed E-state index contributed by atoms with van der Waals surface area (Å²) in [5, 5.41) is 3.44. The third-order valence-corrected chi connectivity index (χ3v) is 7.04. The topological polar surface area (TPSA) is 74.1 Å². The van der Waals surface area contributed by atoms with Gasteiger partial charge in [0, 0.05) is 24.3 Å². The Bertz CT molecular complexity index is 1340. The number of amides is 2. The Balaban J connectivity index is 1.24. The molecule has 2 amide bonds. The molecule has 36 heavy (non-hydrogen) atoms. The summed E-state index contributed by atoms with van der Waals surface area (Å²) < 4.78 is 13.6. The van der Waals surface area contributed by atoms with Gasteiger partial charge < -0.3 is 5.32 Å². The highest BCUT2D eigenvalue weighted by Gasteiger charge is 2.41.